The monoisotopic (exact) mass is 544 g/mol. The van der Waals surface area contributed by atoms with Crippen LogP contribution in [0.2, 0.25) is 0 Å². The lowest BCUT2D eigenvalue weighted by Gasteiger charge is -2.27. The molecule has 2 nitrogen and oxygen atoms in total. The molecule has 6 aromatic carbocycles. The van der Waals surface area contributed by atoms with Crippen molar-refractivity contribution in [2.24, 2.45) is 0 Å². The number of anilines is 3. The number of para-hydroxylation sites is 2. The molecule has 1 aromatic heterocycles. The van der Waals surface area contributed by atoms with E-state index in [0.717, 1.165) is 27.6 Å². The van der Waals surface area contributed by atoms with Gasteiger partial charge in [0.2, 0.25) is 0 Å². The molecule has 0 atom stereocenters. The van der Waals surface area contributed by atoms with Gasteiger partial charge in [-0.3, -0.25) is 0 Å². The normalized spacial score (nSPS) is 13.3. The van der Waals surface area contributed by atoms with Gasteiger partial charge in [0.05, 0.1) is 10.2 Å². The summed E-state index contributed by atoms with van der Waals surface area (Å²) in [6.45, 7) is 4.68. The first kappa shape index (κ1) is 24.1. The zero-order valence-corrected chi connectivity index (χ0v) is 23.8. The van der Waals surface area contributed by atoms with E-state index in [1.165, 1.54) is 43.3 Å². The van der Waals surface area contributed by atoms with Crippen LogP contribution in [0.1, 0.15) is 25.0 Å². The van der Waals surface area contributed by atoms with E-state index in [2.05, 4.69) is 152 Å². The molecular weight excluding hydrogens is 516 g/mol. The molecule has 0 amide bonds. The average Bonchev–Trinajstić information content (AvgIpc) is 3.53. The first-order valence-electron chi connectivity index (χ1n) is 14.1. The predicted molar refractivity (Wildman–Crippen MR) is 175 cm³/mol. The lowest BCUT2D eigenvalue weighted by molar-refractivity contribution is 0.661. The van der Waals surface area contributed by atoms with Crippen molar-refractivity contribution < 1.29 is 0 Å². The van der Waals surface area contributed by atoms with Crippen molar-refractivity contribution in [2.45, 2.75) is 19.3 Å². The van der Waals surface area contributed by atoms with Crippen LogP contribution in [0, 0.1) is 0 Å². The molecule has 7 aromatic rings. The zero-order valence-electron chi connectivity index (χ0n) is 23.0. The molecule has 1 aliphatic rings. The Morgan fingerprint density at radius 3 is 1.95 bits per heavy atom. The summed E-state index contributed by atoms with van der Waals surface area (Å²) in [5.74, 6) is 0. The van der Waals surface area contributed by atoms with Gasteiger partial charge in [-0.25, -0.2) is 4.98 Å². The molecule has 1 aliphatic carbocycles. The second kappa shape index (κ2) is 9.15. The van der Waals surface area contributed by atoms with Crippen LogP contribution < -0.4 is 4.90 Å². The lowest BCUT2D eigenvalue weighted by Crippen LogP contribution is -2.15. The van der Waals surface area contributed by atoms with Gasteiger partial charge in [0, 0.05) is 28.0 Å². The summed E-state index contributed by atoms with van der Waals surface area (Å²) >= 11 is 1.78. The topological polar surface area (TPSA) is 16.1 Å². The maximum absolute atomic E-state index is 5.13. The van der Waals surface area contributed by atoms with Crippen LogP contribution in [0.3, 0.4) is 0 Å². The molecule has 0 unspecified atom stereocenters. The van der Waals surface area contributed by atoms with Crippen molar-refractivity contribution in [1.29, 1.82) is 0 Å². The summed E-state index contributed by atoms with van der Waals surface area (Å²) in [4.78, 5) is 7.47. The maximum Gasteiger partial charge on any atom is 0.124 e. The van der Waals surface area contributed by atoms with Crippen LogP contribution in [0.4, 0.5) is 17.1 Å². The Labute approximate surface area is 244 Å². The van der Waals surface area contributed by atoms with Crippen LogP contribution in [0.5, 0.6) is 0 Å². The molecular formula is C38H28N2S. The number of nitrogens with zero attached hydrogens (tertiary/aromatic N) is 2. The summed E-state index contributed by atoms with van der Waals surface area (Å²) < 4.78 is 1.23. The van der Waals surface area contributed by atoms with Gasteiger partial charge < -0.3 is 4.90 Å². The summed E-state index contributed by atoms with van der Waals surface area (Å²) in [5, 5.41) is 3.57. The summed E-state index contributed by atoms with van der Waals surface area (Å²) in [6.07, 6.45) is 0. The highest BCUT2D eigenvalue weighted by atomic mass is 32.1. The van der Waals surface area contributed by atoms with Crippen molar-refractivity contribution in [2.75, 3.05) is 4.90 Å². The minimum atomic E-state index is -0.103. The third kappa shape index (κ3) is 3.88. The molecule has 3 heteroatoms. The second-order valence-corrected chi connectivity index (χ2v) is 12.3. The van der Waals surface area contributed by atoms with E-state index >= 15 is 0 Å². The van der Waals surface area contributed by atoms with E-state index in [0.29, 0.717) is 0 Å². The molecule has 8 rings (SSSR count). The minimum Gasteiger partial charge on any atom is -0.310 e. The highest BCUT2D eigenvalue weighted by Gasteiger charge is 2.36. The Hall–Kier alpha value is -4.73. The Bertz CT molecular complexity index is 2030. The number of rotatable bonds is 4. The SMILES string of the molecule is CC1(C)c2ccc(N(c3ccccc3)c3ccccc3)cc2-c2cc3sc(-c4ccc5ccccc5c4)nc3cc21. The zero-order chi connectivity index (χ0) is 27.6. The third-order valence-electron chi connectivity index (χ3n) is 8.45. The molecule has 0 aliphatic heterocycles. The van der Waals surface area contributed by atoms with E-state index in [1.54, 1.807) is 11.3 Å². The fourth-order valence-corrected chi connectivity index (χ4v) is 7.33. The average molecular weight is 545 g/mol. The van der Waals surface area contributed by atoms with Gasteiger partial charge in [-0.2, -0.15) is 0 Å². The van der Waals surface area contributed by atoms with Gasteiger partial charge in [-0.05, 0) is 87.6 Å². The van der Waals surface area contributed by atoms with E-state index < -0.39 is 0 Å². The van der Waals surface area contributed by atoms with Crippen molar-refractivity contribution in [3.63, 3.8) is 0 Å². The molecule has 0 bridgehead atoms. The van der Waals surface area contributed by atoms with Gasteiger partial charge >= 0.3 is 0 Å². The minimum absolute atomic E-state index is 0.103. The molecule has 1 heterocycles. The largest absolute Gasteiger partial charge is 0.310 e. The number of aromatic nitrogens is 1. The number of thiazole rings is 1. The van der Waals surface area contributed by atoms with Crippen molar-refractivity contribution in [3.05, 3.63) is 145 Å². The van der Waals surface area contributed by atoms with Crippen molar-refractivity contribution >= 4 is 49.4 Å². The Morgan fingerprint density at radius 1 is 0.561 bits per heavy atom. The van der Waals surface area contributed by atoms with Gasteiger partial charge in [0.25, 0.3) is 0 Å². The Balaban J connectivity index is 1.27. The number of benzene rings is 6. The first-order valence-corrected chi connectivity index (χ1v) is 14.9. The van der Waals surface area contributed by atoms with Crippen LogP contribution in [-0.4, -0.2) is 4.98 Å². The van der Waals surface area contributed by atoms with Gasteiger partial charge in [-0.15, -0.1) is 11.3 Å². The molecule has 0 saturated carbocycles. The quantitative estimate of drug-likeness (QED) is 0.219. The molecule has 196 valence electrons. The highest BCUT2D eigenvalue weighted by Crippen LogP contribution is 2.52. The van der Waals surface area contributed by atoms with Gasteiger partial charge in [-0.1, -0.05) is 92.7 Å². The summed E-state index contributed by atoms with van der Waals surface area (Å²) in [7, 11) is 0. The van der Waals surface area contributed by atoms with E-state index in [4.69, 9.17) is 4.98 Å². The standard InChI is InChI=1S/C38H28N2S/c1-38(2)33-20-19-30(40(28-13-5-3-6-14-28)29-15-7-4-8-16-29)22-31(33)32-23-36-35(24-34(32)38)39-37(41-36)27-18-17-25-11-9-10-12-26(25)21-27/h3-24H,1-2H3. The highest BCUT2D eigenvalue weighted by molar-refractivity contribution is 7.21. The summed E-state index contributed by atoms with van der Waals surface area (Å²) in [6, 6.07) is 48.1. The predicted octanol–water partition coefficient (Wildman–Crippen LogP) is 10.9. The van der Waals surface area contributed by atoms with E-state index in [9.17, 15) is 0 Å². The van der Waals surface area contributed by atoms with Gasteiger partial charge in [0.15, 0.2) is 0 Å². The van der Waals surface area contributed by atoms with Gasteiger partial charge in [0.1, 0.15) is 5.01 Å². The third-order valence-corrected chi connectivity index (χ3v) is 9.52. The molecule has 0 radical (unpaired) electrons. The molecule has 0 spiro atoms. The fourth-order valence-electron chi connectivity index (χ4n) is 6.35. The smallest absolute Gasteiger partial charge is 0.124 e. The van der Waals surface area contributed by atoms with Crippen LogP contribution >= 0.6 is 11.3 Å². The van der Waals surface area contributed by atoms with Crippen LogP contribution in [-0.2, 0) is 5.41 Å². The number of hydrogen-bond acceptors (Lipinski definition) is 3. The number of hydrogen-bond donors (Lipinski definition) is 0. The lowest BCUT2D eigenvalue weighted by atomic mass is 9.82. The molecule has 0 fully saturated rings. The Kier molecular flexibility index (Phi) is 5.38. The van der Waals surface area contributed by atoms with Crippen molar-refractivity contribution in [1.82, 2.24) is 4.98 Å². The van der Waals surface area contributed by atoms with Crippen LogP contribution in [0.25, 0.3) is 42.7 Å². The maximum atomic E-state index is 5.13. The molecule has 41 heavy (non-hydrogen) atoms. The molecule has 0 N–H and O–H groups in total. The van der Waals surface area contributed by atoms with Crippen molar-refractivity contribution in [3.8, 4) is 21.7 Å². The van der Waals surface area contributed by atoms with E-state index in [-0.39, 0.29) is 5.41 Å². The Morgan fingerprint density at radius 2 is 1.22 bits per heavy atom. The first-order chi connectivity index (χ1) is 20.1. The number of fused-ring (bicyclic) bond motifs is 5. The van der Waals surface area contributed by atoms with E-state index in [1.807, 2.05) is 0 Å². The van der Waals surface area contributed by atoms with Crippen LogP contribution in [0.15, 0.2) is 133 Å². The fraction of sp³-hybridized carbons (Fsp3) is 0.0789. The summed E-state index contributed by atoms with van der Waals surface area (Å²) in [5.41, 5.74) is 10.9. The second-order valence-electron chi connectivity index (χ2n) is 11.3. The molecule has 0 saturated heterocycles.